The lowest BCUT2D eigenvalue weighted by atomic mass is 10.0. The number of nitrogens with zero attached hydrogens (tertiary/aromatic N) is 3. The molecule has 4 aromatic rings. The Kier molecular flexibility index (Phi) is 5.82. The molecule has 0 spiro atoms. The molecular weight excluding hydrogens is 414 g/mol. The van der Waals surface area contributed by atoms with Gasteiger partial charge in [0.05, 0.1) is 17.1 Å². The number of thioether (sulfide) groups is 1. The van der Waals surface area contributed by atoms with Gasteiger partial charge in [-0.05, 0) is 29.7 Å². The molecule has 1 saturated heterocycles. The van der Waals surface area contributed by atoms with Crippen molar-refractivity contribution in [1.82, 2.24) is 14.7 Å². The van der Waals surface area contributed by atoms with Crippen LogP contribution < -0.4 is 0 Å². The van der Waals surface area contributed by atoms with Gasteiger partial charge in [-0.2, -0.15) is 5.10 Å². The van der Waals surface area contributed by atoms with E-state index in [1.807, 2.05) is 46.0 Å². The molecule has 32 heavy (non-hydrogen) atoms. The van der Waals surface area contributed by atoms with Crippen molar-refractivity contribution in [2.24, 2.45) is 0 Å². The highest BCUT2D eigenvalue weighted by molar-refractivity contribution is 8.00. The van der Waals surface area contributed by atoms with Gasteiger partial charge in [0.2, 0.25) is 5.91 Å². The fourth-order valence-corrected chi connectivity index (χ4v) is 5.26. The number of benzene rings is 3. The van der Waals surface area contributed by atoms with Crippen molar-refractivity contribution < 1.29 is 4.79 Å². The van der Waals surface area contributed by atoms with Gasteiger partial charge >= 0.3 is 0 Å². The quantitative estimate of drug-likeness (QED) is 0.377. The number of carbonyl (C=O) groups is 1. The largest absolute Gasteiger partial charge is 0.321 e. The van der Waals surface area contributed by atoms with Gasteiger partial charge in [-0.25, -0.2) is 4.68 Å². The average Bonchev–Trinajstić information content (AvgIpc) is 3.44. The predicted molar refractivity (Wildman–Crippen MR) is 131 cm³/mol. The summed E-state index contributed by atoms with van der Waals surface area (Å²) in [6, 6.07) is 28.9. The number of hydrogen-bond acceptors (Lipinski definition) is 3. The van der Waals surface area contributed by atoms with Crippen molar-refractivity contribution in [3.63, 3.8) is 0 Å². The summed E-state index contributed by atoms with van der Waals surface area (Å²) < 4.78 is 1.93. The third-order valence-corrected chi connectivity index (χ3v) is 7.07. The molecule has 5 rings (SSSR count). The highest BCUT2D eigenvalue weighted by Crippen LogP contribution is 2.43. The Bertz CT molecular complexity index is 1200. The second kappa shape index (κ2) is 9.05. The minimum absolute atomic E-state index is 0.0685. The Morgan fingerprint density at radius 2 is 1.59 bits per heavy atom. The monoisotopic (exact) mass is 439 g/mol. The van der Waals surface area contributed by atoms with E-state index in [1.54, 1.807) is 11.8 Å². The van der Waals surface area contributed by atoms with E-state index in [-0.39, 0.29) is 11.3 Å². The van der Waals surface area contributed by atoms with Crippen molar-refractivity contribution in [2.75, 3.05) is 5.75 Å². The zero-order valence-electron chi connectivity index (χ0n) is 18.0. The minimum Gasteiger partial charge on any atom is -0.321 e. The topological polar surface area (TPSA) is 38.1 Å². The van der Waals surface area contributed by atoms with Crippen molar-refractivity contribution >= 4 is 17.7 Å². The summed E-state index contributed by atoms with van der Waals surface area (Å²) in [5, 5.41) is 4.91. The smallest absolute Gasteiger partial charge is 0.234 e. The van der Waals surface area contributed by atoms with E-state index in [0.29, 0.717) is 12.3 Å². The van der Waals surface area contributed by atoms with Crippen LogP contribution in [0.25, 0.3) is 16.9 Å². The van der Waals surface area contributed by atoms with Crippen LogP contribution >= 0.6 is 11.8 Å². The Morgan fingerprint density at radius 3 is 2.28 bits per heavy atom. The molecular formula is C27H25N3OS. The summed E-state index contributed by atoms with van der Waals surface area (Å²) in [7, 11) is 0. The van der Waals surface area contributed by atoms with Crippen molar-refractivity contribution in [2.45, 2.75) is 25.3 Å². The summed E-state index contributed by atoms with van der Waals surface area (Å²) in [6.07, 6.45) is 3.09. The molecule has 0 saturated carbocycles. The molecule has 1 atom stereocenters. The number of amides is 1. The van der Waals surface area contributed by atoms with E-state index in [4.69, 9.17) is 5.10 Å². The molecule has 0 radical (unpaired) electrons. The lowest BCUT2D eigenvalue weighted by Crippen LogP contribution is -2.27. The Labute approximate surface area is 192 Å². The van der Waals surface area contributed by atoms with Gasteiger partial charge in [0.1, 0.15) is 5.37 Å². The van der Waals surface area contributed by atoms with E-state index < -0.39 is 0 Å². The van der Waals surface area contributed by atoms with Gasteiger partial charge in [-0.1, -0.05) is 79.7 Å². The highest BCUT2D eigenvalue weighted by atomic mass is 32.2. The molecule has 1 aliphatic rings. The molecule has 1 aromatic heterocycles. The maximum absolute atomic E-state index is 12.8. The molecule has 1 amide bonds. The number of rotatable bonds is 6. The van der Waals surface area contributed by atoms with Crippen LogP contribution in [0.15, 0.2) is 91.1 Å². The van der Waals surface area contributed by atoms with Crippen LogP contribution in [0.2, 0.25) is 0 Å². The SMILES string of the molecule is CCc1ccc(-c2nn(-c3ccccc3)cc2C2SCC(=O)N2Cc2ccccc2)cc1. The molecule has 1 aliphatic heterocycles. The van der Waals surface area contributed by atoms with Crippen LogP contribution in [-0.2, 0) is 17.8 Å². The zero-order valence-corrected chi connectivity index (χ0v) is 18.8. The summed E-state index contributed by atoms with van der Waals surface area (Å²) in [5.41, 5.74) is 6.53. The number of carbonyl (C=O) groups excluding carboxylic acids is 1. The average molecular weight is 440 g/mol. The Balaban J connectivity index is 1.57. The zero-order chi connectivity index (χ0) is 21.9. The summed E-state index contributed by atoms with van der Waals surface area (Å²) in [4.78, 5) is 14.8. The molecule has 3 aromatic carbocycles. The van der Waals surface area contributed by atoms with Crippen molar-refractivity contribution in [3.8, 4) is 16.9 Å². The van der Waals surface area contributed by atoms with Gasteiger partial charge in [0.15, 0.2) is 0 Å². The van der Waals surface area contributed by atoms with E-state index in [9.17, 15) is 4.79 Å². The third kappa shape index (κ3) is 4.08. The first kappa shape index (κ1) is 20.6. The summed E-state index contributed by atoms with van der Waals surface area (Å²) in [6.45, 7) is 2.76. The lowest BCUT2D eigenvalue weighted by molar-refractivity contribution is -0.128. The van der Waals surface area contributed by atoms with Gasteiger partial charge in [-0.15, -0.1) is 11.8 Å². The molecule has 2 heterocycles. The molecule has 4 nitrogen and oxygen atoms in total. The maximum atomic E-state index is 12.8. The second-order valence-corrected chi connectivity index (χ2v) is 9.00. The van der Waals surface area contributed by atoms with Gasteiger partial charge in [0, 0.05) is 23.9 Å². The maximum Gasteiger partial charge on any atom is 0.234 e. The molecule has 0 aliphatic carbocycles. The van der Waals surface area contributed by atoms with Gasteiger partial charge in [-0.3, -0.25) is 4.79 Å². The molecule has 5 heteroatoms. The van der Waals surface area contributed by atoms with Crippen LogP contribution in [0.4, 0.5) is 0 Å². The van der Waals surface area contributed by atoms with Crippen LogP contribution in [0.1, 0.15) is 29.0 Å². The number of hydrogen-bond donors (Lipinski definition) is 0. The molecule has 1 fully saturated rings. The number of para-hydroxylation sites is 1. The molecule has 0 N–H and O–H groups in total. The fraction of sp³-hybridized carbons (Fsp3) is 0.185. The van der Waals surface area contributed by atoms with Gasteiger partial charge < -0.3 is 4.90 Å². The first-order valence-electron chi connectivity index (χ1n) is 10.9. The number of aryl methyl sites for hydroxylation is 1. The fourth-order valence-electron chi connectivity index (χ4n) is 4.07. The molecule has 160 valence electrons. The number of aromatic nitrogens is 2. The van der Waals surface area contributed by atoms with Crippen LogP contribution in [-0.4, -0.2) is 26.3 Å². The summed E-state index contributed by atoms with van der Waals surface area (Å²) in [5.74, 6) is 0.658. The first-order valence-corrected chi connectivity index (χ1v) is 12.0. The predicted octanol–water partition coefficient (Wildman–Crippen LogP) is 5.88. The first-order chi connectivity index (χ1) is 15.7. The van der Waals surface area contributed by atoms with E-state index in [1.165, 1.54) is 5.56 Å². The van der Waals surface area contributed by atoms with Crippen LogP contribution in [0.3, 0.4) is 0 Å². The summed E-state index contributed by atoms with van der Waals surface area (Å²) >= 11 is 1.68. The van der Waals surface area contributed by atoms with E-state index in [0.717, 1.165) is 34.5 Å². The van der Waals surface area contributed by atoms with E-state index in [2.05, 4.69) is 61.7 Å². The van der Waals surface area contributed by atoms with Crippen LogP contribution in [0.5, 0.6) is 0 Å². The lowest BCUT2D eigenvalue weighted by Gasteiger charge is -2.24. The van der Waals surface area contributed by atoms with Crippen molar-refractivity contribution in [1.29, 1.82) is 0 Å². The molecule has 1 unspecified atom stereocenters. The second-order valence-electron chi connectivity index (χ2n) is 7.93. The highest BCUT2D eigenvalue weighted by Gasteiger charge is 2.35. The van der Waals surface area contributed by atoms with Gasteiger partial charge in [0.25, 0.3) is 0 Å². The van der Waals surface area contributed by atoms with Crippen LogP contribution in [0, 0.1) is 0 Å². The standard InChI is InChI=1S/C27H25N3OS/c1-2-20-13-15-22(16-14-20)26-24(18-30(28-26)23-11-7-4-8-12-23)27-29(25(31)19-32-27)17-21-9-5-3-6-10-21/h3-16,18,27H,2,17,19H2,1H3. The third-order valence-electron chi connectivity index (χ3n) is 5.83. The van der Waals surface area contributed by atoms with E-state index >= 15 is 0 Å². The Morgan fingerprint density at radius 1 is 0.906 bits per heavy atom. The van der Waals surface area contributed by atoms with Crippen molar-refractivity contribution in [3.05, 3.63) is 108 Å². The molecule has 0 bridgehead atoms. The normalized spacial score (nSPS) is 16.0. The minimum atomic E-state index is -0.0685. The Hall–Kier alpha value is -3.31.